The highest BCUT2D eigenvalue weighted by molar-refractivity contribution is 5.83. The average Bonchev–Trinajstić information content (AvgIpc) is 3.21. The maximum absolute atomic E-state index is 12.2. The Kier molecular flexibility index (Phi) is 5.05. The molecule has 1 aliphatic heterocycles. The van der Waals surface area contributed by atoms with E-state index in [1.54, 1.807) is 0 Å². The van der Waals surface area contributed by atoms with Crippen LogP contribution in [-0.4, -0.2) is 78.4 Å². The SMILES string of the molecule is COC1CC(C(=O)O)N(C(=O)NCC(C)N(C)C2CC2)C1. The molecule has 2 amide bonds. The quantitative estimate of drug-likeness (QED) is 0.740. The van der Waals surface area contributed by atoms with E-state index in [1.165, 1.54) is 24.9 Å². The van der Waals surface area contributed by atoms with Gasteiger partial charge in [0, 0.05) is 38.7 Å². The zero-order valence-electron chi connectivity index (χ0n) is 12.9. The fourth-order valence-corrected chi connectivity index (χ4v) is 2.75. The molecule has 0 aromatic heterocycles. The van der Waals surface area contributed by atoms with Gasteiger partial charge in [0.05, 0.1) is 6.10 Å². The van der Waals surface area contributed by atoms with E-state index in [4.69, 9.17) is 4.74 Å². The van der Waals surface area contributed by atoms with Crippen molar-refractivity contribution in [2.75, 3.05) is 27.2 Å². The average molecular weight is 299 g/mol. The second-order valence-corrected chi connectivity index (χ2v) is 6.03. The summed E-state index contributed by atoms with van der Waals surface area (Å²) in [6.07, 6.45) is 2.58. The standard InChI is InChI=1S/C14H25N3O4/c1-9(16(2)10-4-5-10)7-15-14(20)17-8-11(21-3)6-12(17)13(18)19/h9-12H,4-8H2,1-3H3,(H,15,20)(H,18,19). The number of urea groups is 1. The summed E-state index contributed by atoms with van der Waals surface area (Å²) < 4.78 is 5.18. The van der Waals surface area contributed by atoms with Crippen molar-refractivity contribution in [3.05, 3.63) is 0 Å². The van der Waals surface area contributed by atoms with E-state index in [0.717, 1.165) is 0 Å². The number of aliphatic carboxylic acids is 1. The summed E-state index contributed by atoms with van der Waals surface area (Å²) >= 11 is 0. The molecule has 0 radical (unpaired) electrons. The molecule has 2 N–H and O–H groups in total. The minimum atomic E-state index is -0.979. The molecule has 7 heteroatoms. The Morgan fingerprint density at radius 1 is 1.48 bits per heavy atom. The lowest BCUT2D eigenvalue weighted by Crippen LogP contribution is -2.49. The predicted octanol–water partition coefficient (Wildman–Crippen LogP) is 0.353. The highest BCUT2D eigenvalue weighted by atomic mass is 16.5. The first kappa shape index (κ1) is 16.0. The lowest BCUT2D eigenvalue weighted by molar-refractivity contribution is -0.141. The molecule has 3 atom stereocenters. The third kappa shape index (κ3) is 3.85. The molecule has 2 fully saturated rings. The van der Waals surface area contributed by atoms with Crippen molar-refractivity contribution in [3.8, 4) is 0 Å². The van der Waals surface area contributed by atoms with Crippen LogP contribution in [0.1, 0.15) is 26.2 Å². The van der Waals surface area contributed by atoms with E-state index in [1.807, 2.05) is 0 Å². The number of carboxylic acids is 1. The van der Waals surface area contributed by atoms with E-state index < -0.39 is 12.0 Å². The van der Waals surface area contributed by atoms with Gasteiger partial charge in [-0.05, 0) is 26.8 Å². The fraction of sp³-hybridized carbons (Fsp3) is 0.857. The van der Waals surface area contributed by atoms with Crippen molar-refractivity contribution in [3.63, 3.8) is 0 Å². The third-order valence-corrected chi connectivity index (χ3v) is 4.51. The number of likely N-dealkylation sites (tertiary alicyclic amines) is 1. The zero-order valence-corrected chi connectivity index (χ0v) is 12.9. The molecule has 0 spiro atoms. The largest absolute Gasteiger partial charge is 0.480 e. The number of hydrogen-bond donors (Lipinski definition) is 2. The van der Waals surface area contributed by atoms with Crippen LogP contribution in [0.25, 0.3) is 0 Å². The van der Waals surface area contributed by atoms with Gasteiger partial charge < -0.3 is 20.1 Å². The molecule has 1 aliphatic carbocycles. The number of methoxy groups -OCH3 is 1. The number of rotatable bonds is 6. The number of carbonyl (C=O) groups is 2. The highest BCUT2D eigenvalue weighted by Gasteiger charge is 2.40. The Bertz CT molecular complexity index is 400. The van der Waals surface area contributed by atoms with Crippen molar-refractivity contribution in [2.45, 2.75) is 50.4 Å². The molecule has 21 heavy (non-hydrogen) atoms. The van der Waals surface area contributed by atoms with Crippen molar-refractivity contribution in [1.82, 2.24) is 15.1 Å². The van der Waals surface area contributed by atoms with E-state index in [2.05, 4.69) is 24.2 Å². The highest BCUT2D eigenvalue weighted by Crippen LogP contribution is 2.26. The van der Waals surface area contributed by atoms with Crippen LogP contribution in [0.5, 0.6) is 0 Å². The van der Waals surface area contributed by atoms with Crippen LogP contribution in [0.2, 0.25) is 0 Å². The maximum atomic E-state index is 12.2. The van der Waals surface area contributed by atoms with Gasteiger partial charge in [0.25, 0.3) is 0 Å². The molecular weight excluding hydrogens is 274 g/mol. The minimum absolute atomic E-state index is 0.205. The molecule has 2 aliphatic rings. The predicted molar refractivity (Wildman–Crippen MR) is 77.2 cm³/mol. The van der Waals surface area contributed by atoms with E-state index in [0.29, 0.717) is 25.6 Å². The number of carbonyl (C=O) groups excluding carboxylic acids is 1. The maximum Gasteiger partial charge on any atom is 0.326 e. The van der Waals surface area contributed by atoms with Gasteiger partial charge >= 0.3 is 12.0 Å². The monoisotopic (exact) mass is 299 g/mol. The Morgan fingerprint density at radius 2 is 2.14 bits per heavy atom. The number of nitrogens with zero attached hydrogens (tertiary/aromatic N) is 2. The number of likely N-dealkylation sites (N-methyl/N-ethyl adjacent to an activating group) is 1. The van der Waals surface area contributed by atoms with Crippen molar-refractivity contribution < 1.29 is 19.4 Å². The van der Waals surface area contributed by atoms with Crippen LogP contribution in [0.15, 0.2) is 0 Å². The van der Waals surface area contributed by atoms with E-state index >= 15 is 0 Å². The first-order chi connectivity index (χ1) is 9.93. The number of amides is 2. The normalized spacial score (nSPS) is 27.0. The number of ether oxygens (including phenoxy) is 1. The first-order valence-electron chi connectivity index (χ1n) is 7.46. The van der Waals surface area contributed by atoms with Gasteiger partial charge in [0.2, 0.25) is 0 Å². The van der Waals surface area contributed by atoms with Crippen molar-refractivity contribution >= 4 is 12.0 Å². The molecule has 1 saturated carbocycles. The van der Waals surface area contributed by atoms with Gasteiger partial charge in [-0.2, -0.15) is 0 Å². The summed E-state index contributed by atoms with van der Waals surface area (Å²) in [4.78, 5) is 27.1. The lowest BCUT2D eigenvalue weighted by atomic mass is 10.2. The van der Waals surface area contributed by atoms with Crippen LogP contribution >= 0.6 is 0 Å². The molecule has 0 bridgehead atoms. The summed E-state index contributed by atoms with van der Waals surface area (Å²) in [6.45, 7) is 2.91. The summed E-state index contributed by atoms with van der Waals surface area (Å²) in [5, 5.41) is 12.1. The van der Waals surface area contributed by atoms with Gasteiger partial charge in [-0.3, -0.25) is 4.90 Å². The van der Waals surface area contributed by atoms with Gasteiger partial charge in [-0.25, -0.2) is 9.59 Å². The van der Waals surface area contributed by atoms with Crippen molar-refractivity contribution in [2.24, 2.45) is 0 Å². The van der Waals surface area contributed by atoms with E-state index in [-0.39, 0.29) is 18.2 Å². The van der Waals surface area contributed by atoms with Crippen molar-refractivity contribution in [1.29, 1.82) is 0 Å². The van der Waals surface area contributed by atoms with Crippen LogP contribution in [-0.2, 0) is 9.53 Å². The summed E-state index contributed by atoms with van der Waals surface area (Å²) in [7, 11) is 3.60. The molecule has 120 valence electrons. The zero-order chi connectivity index (χ0) is 15.6. The number of carboxylic acid groups (broad SMARTS) is 1. The number of hydrogen-bond acceptors (Lipinski definition) is 4. The second kappa shape index (κ2) is 6.62. The Balaban J connectivity index is 1.84. The Labute approximate surface area is 125 Å². The first-order valence-corrected chi connectivity index (χ1v) is 7.46. The summed E-state index contributed by atoms with van der Waals surface area (Å²) in [6, 6.07) is -0.247. The van der Waals surface area contributed by atoms with Gasteiger partial charge in [-0.1, -0.05) is 0 Å². The summed E-state index contributed by atoms with van der Waals surface area (Å²) in [5.74, 6) is -0.979. The fourth-order valence-electron chi connectivity index (χ4n) is 2.75. The second-order valence-electron chi connectivity index (χ2n) is 6.03. The molecular formula is C14H25N3O4. The molecule has 0 aromatic carbocycles. The van der Waals surface area contributed by atoms with Gasteiger partial charge in [-0.15, -0.1) is 0 Å². The molecule has 1 heterocycles. The topological polar surface area (TPSA) is 82.1 Å². The number of nitrogens with one attached hydrogen (secondary N) is 1. The summed E-state index contributed by atoms with van der Waals surface area (Å²) in [5.41, 5.74) is 0. The minimum Gasteiger partial charge on any atom is -0.480 e. The lowest BCUT2D eigenvalue weighted by Gasteiger charge is -2.27. The Morgan fingerprint density at radius 3 is 2.67 bits per heavy atom. The molecule has 0 aromatic rings. The third-order valence-electron chi connectivity index (χ3n) is 4.51. The molecule has 2 rings (SSSR count). The Hall–Kier alpha value is -1.34. The van der Waals surface area contributed by atoms with E-state index in [9.17, 15) is 14.7 Å². The van der Waals surface area contributed by atoms with Crippen LogP contribution < -0.4 is 5.32 Å². The van der Waals surface area contributed by atoms with Crippen LogP contribution in [0.3, 0.4) is 0 Å². The molecule has 1 saturated heterocycles. The molecule has 3 unspecified atom stereocenters. The van der Waals surface area contributed by atoms with Crippen LogP contribution in [0.4, 0.5) is 4.79 Å². The smallest absolute Gasteiger partial charge is 0.326 e. The van der Waals surface area contributed by atoms with Gasteiger partial charge in [0.15, 0.2) is 0 Å². The molecule has 7 nitrogen and oxygen atoms in total. The van der Waals surface area contributed by atoms with Gasteiger partial charge in [0.1, 0.15) is 6.04 Å². The van der Waals surface area contributed by atoms with Crippen LogP contribution in [0, 0.1) is 0 Å².